The summed E-state index contributed by atoms with van der Waals surface area (Å²) in [4.78, 5) is 43.2. The highest BCUT2D eigenvalue weighted by atomic mass is 79.9. The Morgan fingerprint density at radius 3 is 2.46 bits per heavy atom. The minimum Gasteiger partial charge on any atom is -0.396 e. The topological polar surface area (TPSA) is 98.7 Å². The van der Waals surface area contributed by atoms with E-state index in [0.29, 0.717) is 25.9 Å². The van der Waals surface area contributed by atoms with Gasteiger partial charge in [0.25, 0.3) is 0 Å². The summed E-state index contributed by atoms with van der Waals surface area (Å²) in [5, 5.41) is 15.8. The fraction of sp³-hybridized carbons (Fsp3) is 0.679. The number of nitrogens with one attached hydrogen (secondary N) is 2. The third-order valence-corrected chi connectivity index (χ3v) is 10.9. The van der Waals surface area contributed by atoms with Crippen LogP contribution in [0.25, 0.3) is 0 Å². The van der Waals surface area contributed by atoms with Gasteiger partial charge in [-0.3, -0.25) is 14.4 Å². The monoisotopic (exact) mass is 593 g/mol. The second kappa shape index (κ2) is 10.5. The van der Waals surface area contributed by atoms with E-state index in [-0.39, 0.29) is 39.8 Å². The summed E-state index contributed by atoms with van der Waals surface area (Å²) in [6.45, 7) is 11.1. The van der Waals surface area contributed by atoms with Gasteiger partial charge in [-0.1, -0.05) is 67.0 Å². The molecule has 2 bridgehead atoms. The molecule has 7 nitrogen and oxygen atoms in total. The number of carbonyl (C=O) groups excluding carboxylic acids is 3. The maximum absolute atomic E-state index is 14.0. The predicted octanol–water partition coefficient (Wildman–Crippen LogP) is 3.48. The van der Waals surface area contributed by atoms with E-state index in [1.165, 1.54) is 0 Å². The molecule has 3 N–H and O–H groups in total. The zero-order valence-electron chi connectivity index (χ0n) is 22.4. The molecule has 1 aromatic rings. The van der Waals surface area contributed by atoms with Gasteiger partial charge in [-0.2, -0.15) is 0 Å². The van der Waals surface area contributed by atoms with E-state index in [0.717, 1.165) is 12.0 Å². The van der Waals surface area contributed by atoms with Gasteiger partial charge in [0.2, 0.25) is 17.7 Å². The van der Waals surface area contributed by atoms with Gasteiger partial charge < -0.3 is 20.6 Å². The molecular formula is C28H40BrN3O4S. The Labute approximate surface area is 233 Å². The number of nitrogens with zero attached hydrogens (tertiary/aromatic N) is 1. The van der Waals surface area contributed by atoms with Crippen LogP contribution in [0.4, 0.5) is 0 Å². The number of hydrogen-bond donors (Lipinski definition) is 3. The molecule has 204 valence electrons. The van der Waals surface area contributed by atoms with Gasteiger partial charge in [0.15, 0.2) is 0 Å². The molecular weight excluding hydrogens is 554 g/mol. The van der Waals surface area contributed by atoms with Gasteiger partial charge in [-0.05, 0) is 44.1 Å². The van der Waals surface area contributed by atoms with Gasteiger partial charge in [0.1, 0.15) is 6.04 Å². The van der Waals surface area contributed by atoms with E-state index >= 15 is 0 Å². The maximum atomic E-state index is 14.0. The van der Waals surface area contributed by atoms with E-state index in [9.17, 15) is 19.5 Å². The Kier molecular flexibility index (Phi) is 8.09. The van der Waals surface area contributed by atoms with Crippen molar-refractivity contribution < 1.29 is 19.5 Å². The summed E-state index contributed by atoms with van der Waals surface area (Å²) < 4.78 is -0.679. The number of likely N-dealkylation sites (tertiary alicyclic amines) is 1. The van der Waals surface area contributed by atoms with Crippen LogP contribution in [-0.2, 0) is 20.9 Å². The summed E-state index contributed by atoms with van der Waals surface area (Å²) in [5.41, 5.74) is 0.554. The van der Waals surface area contributed by atoms with Crippen LogP contribution < -0.4 is 10.6 Å². The van der Waals surface area contributed by atoms with Crippen molar-refractivity contribution in [1.29, 1.82) is 0 Å². The molecule has 0 saturated carbocycles. The Hall–Kier alpha value is -1.58. The zero-order chi connectivity index (χ0) is 27.2. The number of fused-ring (bicyclic) bond motifs is 1. The van der Waals surface area contributed by atoms with Crippen LogP contribution in [0.3, 0.4) is 0 Å². The van der Waals surface area contributed by atoms with Gasteiger partial charge in [-0.15, -0.1) is 11.8 Å². The normalized spacial score (nSPS) is 30.9. The van der Waals surface area contributed by atoms with Gasteiger partial charge in [0.05, 0.1) is 16.6 Å². The van der Waals surface area contributed by atoms with Crippen LogP contribution in [0.15, 0.2) is 30.3 Å². The highest BCUT2D eigenvalue weighted by Crippen LogP contribution is 2.67. The molecule has 3 fully saturated rings. The molecule has 37 heavy (non-hydrogen) atoms. The van der Waals surface area contributed by atoms with Gasteiger partial charge in [0, 0.05) is 35.3 Å². The second-order valence-electron chi connectivity index (χ2n) is 12.6. The highest BCUT2D eigenvalue weighted by molar-refractivity contribution is 9.09. The summed E-state index contributed by atoms with van der Waals surface area (Å²) in [5.74, 6) is -1.52. The number of benzene rings is 1. The molecule has 9 heteroatoms. The Morgan fingerprint density at radius 1 is 1.16 bits per heavy atom. The van der Waals surface area contributed by atoms with Crippen molar-refractivity contribution in [2.45, 2.75) is 86.8 Å². The number of carbonyl (C=O) groups is 3. The molecule has 1 aromatic carbocycles. The number of aliphatic hydroxyl groups excluding tert-OH is 1. The fourth-order valence-corrected chi connectivity index (χ4v) is 10.5. The molecule has 3 unspecified atom stereocenters. The summed E-state index contributed by atoms with van der Waals surface area (Å²) in [6, 6.07) is 9.04. The molecule has 3 heterocycles. The average molecular weight is 595 g/mol. The van der Waals surface area contributed by atoms with E-state index in [1.54, 1.807) is 16.7 Å². The average Bonchev–Trinajstić information content (AvgIpc) is 3.38. The van der Waals surface area contributed by atoms with Gasteiger partial charge in [-0.25, -0.2) is 0 Å². The number of amides is 3. The third kappa shape index (κ3) is 5.59. The first kappa shape index (κ1) is 28.4. The van der Waals surface area contributed by atoms with Crippen molar-refractivity contribution >= 4 is 45.4 Å². The first-order chi connectivity index (χ1) is 17.3. The first-order valence-corrected chi connectivity index (χ1v) is 15.0. The van der Waals surface area contributed by atoms with Crippen LogP contribution in [0.2, 0.25) is 0 Å². The molecule has 0 aromatic heterocycles. The van der Waals surface area contributed by atoms with Crippen LogP contribution in [-0.4, -0.2) is 67.3 Å². The Morgan fingerprint density at radius 2 is 1.84 bits per heavy atom. The largest absolute Gasteiger partial charge is 0.396 e. The van der Waals surface area contributed by atoms with Crippen LogP contribution in [0.1, 0.15) is 59.4 Å². The lowest BCUT2D eigenvalue weighted by molar-refractivity contribution is -0.140. The zero-order valence-corrected chi connectivity index (χ0v) is 24.8. The third-order valence-electron chi connectivity index (χ3n) is 7.64. The van der Waals surface area contributed by atoms with Crippen LogP contribution in [0.5, 0.6) is 0 Å². The highest BCUT2D eigenvalue weighted by Gasteiger charge is 2.75. The van der Waals surface area contributed by atoms with E-state index < -0.39 is 28.2 Å². The van der Waals surface area contributed by atoms with Crippen molar-refractivity contribution in [2.75, 3.05) is 13.2 Å². The van der Waals surface area contributed by atoms with Crippen molar-refractivity contribution in [1.82, 2.24) is 15.5 Å². The minimum absolute atomic E-state index is 0.0170. The summed E-state index contributed by atoms with van der Waals surface area (Å²) in [7, 11) is 0. The van der Waals surface area contributed by atoms with Crippen molar-refractivity contribution in [2.24, 2.45) is 17.3 Å². The lowest BCUT2D eigenvalue weighted by Crippen LogP contribution is -2.58. The quantitative estimate of drug-likeness (QED) is 0.381. The van der Waals surface area contributed by atoms with E-state index in [1.807, 2.05) is 44.2 Å². The minimum atomic E-state index is -0.683. The molecule has 1 spiro atoms. The van der Waals surface area contributed by atoms with Crippen molar-refractivity contribution in [3.63, 3.8) is 0 Å². The first-order valence-electron chi connectivity index (χ1n) is 13.2. The molecule has 0 radical (unpaired) electrons. The lowest BCUT2D eigenvalue weighted by atomic mass is 9.70. The smallest absolute Gasteiger partial charge is 0.244 e. The summed E-state index contributed by atoms with van der Waals surface area (Å²) >= 11 is 5.44. The molecule has 0 aliphatic carbocycles. The SMILES string of the molecule is CC(C)(C)CC(C)(C)NC(=O)C1N(CCCO)C(=O)[C@@H]2[C@@H](C(=O)NCc3ccccc3)[C@@H]3SC12CC3Br. The Balaban J connectivity index is 1.62. The number of thioether (sulfide) groups is 1. The number of rotatable bonds is 9. The second-order valence-corrected chi connectivity index (χ2v) is 15.3. The van der Waals surface area contributed by atoms with E-state index in [4.69, 9.17) is 0 Å². The molecule has 3 amide bonds. The van der Waals surface area contributed by atoms with Crippen molar-refractivity contribution in [3.05, 3.63) is 35.9 Å². The number of aliphatic hydroxyl groups is 1. The lowest BCUT2D eigenvalue weighted by Gasteiger charge is -2.39. The molecule has 3 aliphatic rings. The van der Waals surface area contributed by atoms with Gasteiger partial charge >= 0.3 is 0 Å². The number of hydrogen-bond acceptors (Lipinski definition) is 5. The maximum Gasteiger partial charge on any atom is 0.244 e. The van der Waals surface area contributed by atoms with Crippen LogP contribution >= 0.6 is 27.7 Å². The predicted molar refractivity (Wildman–Crippen MR) is 150 cm³/mol. The molecule has 6 atom stereocenters. The number of halogens is 1. The van der Waals surface area contributed by atoms with Crippen LogP contribution in [0, 0.1) is 17.3 Å². The summed E-state index contributed by atoms with van der Waals surface area (Å²) in [6.07, 6.45) is 1.82. The van der Waals surface area contributed by atoms with E-state index in [2.05, 4.69) is 47.3 Å². The standard InChI is InChI=1S/C28H40BrN3O4S/c1-26(2,3)16-27(4,5)31-24(35)22-28-14-18(29)21(37-28)19(20(28)25(36)32(22)12-9-13-33)23(34)30-15-17-10-7-6-8-11-17/h6-8,10-11,18-22,33H,9,12-16H2,1-5H3,(H,30,34)(H,31,35)/t18?,19-,20+,21-,22?,28?/m1/s1. The number of alkyl halides is 1. The molecule has 3 saturated heterocycles. The molecule has 4 rings (SSSR count). The van der Waals surface area contributed by atoms with Crippen molar-refractivity contribution in [3.8, 4) is 0 Å². The fourth-order valence-electron chi connectivity index (χ4n) is 6.89. The Bertz CT molecular complexity index is 1030. The molecule has 3 aliphatic heterocycles.